The summed E-state index contributed by atoms with van der Waals surface area (Å²) in [6.07, 6.45) is 11.3. The molecule has 0 saturated heterocycles. The van der Waals surface area contributed by atoms with Gasteiger partial charge in [-0.2, -0.15) is 0 Å². The highest BCUT2D eigenvalue weighted by Crippen LogP contribution is 2.17. The van der Waals surface area contributed by atoms with Crippen molar-refractivity contribution in [1.82, 2.24) is 10.6 Å². The van der Waals surface area contributed by atoms with Crippen LogP contribution in [0.15, 0.2) is 4.99 Å². The normalized spacial score (nSPS) is 16.2. The van der Waals surface area contributed by atoms with Gasteiger partial charge in [-0.1, -0.05) is 32.1 Å². The van der Waals surface area contributed by atoms with Gasteiger partial charge >= 0.3 is 5.97 Å². The average Bonchev–Trinajstić information content (AvgIpc) is 2.55. The maximum atomic E-state index is 11.2. The number of esters is 1. The molecule has 1 aliphatic carbocycles. The molecule has 0 radical (unpaired) electrons. The van der Waals surface area contributed by atoms with Crippen LogP contribution in [0.5, 0.6) is 0 Å². The first-order valence-corrected chi connectivity index (χ1v) is 9.46. The van der Waals surface area contributed by atoms with Gasteiger partial charge in [-0.05, 0) is 39.5 Å². The Kier molecular flexibility index (Phi) is 11.4. The van der Waals surface area contributed by atoms with Gasteiger partial charge in [-0.25, -0.2) is 0 Å². The Bertz CT molecular complexity index is 339. The molecule has 1 saturated carbocycles. The number of ether oxygens (including phenoxy) is 1. The molecule has 0 aromatic heterocycles. The van der Waals surface area contributed by atoms with E-state index in [2.05, 4.69) is 22.5 Å². The number of carbonyl (C=O) groups excluding carboxylic acids is 1. The van der Waals surface area contributed by atoms with Crippen molar-refractivity contribution in [2.45, 2.75) is 84.1 Å². The lowest BCUT2D eigenvalue weighted by Gasteiger charge is -2.24. The summed E-state index contributed by atoms with van der Waals surface area (Å²) in [6, 6.07) is 0.589. The zero-order valence-electron chi connectivity index (χ0n) is 15.0. The predicted molar refractivity (Wildman–Crippen MR) is 95.7 cm³/mol. The van der Waals surface area contributed by atoms with Crippen LogP contribution in [-0.2, 0) is 9.53 Å². The second-order valence-corrected chi connectivity index (χ2v) is 6.21. The van der Waals surface area contributed by atoms with Crippen LogP contribution >= 0.6 is 0 Å². The summed E-state index contributed by atoms with van der Waals surface area (Å²) in [4.78, 5) is 15.9. The third-order valence-corrected chi connectivity index (χ3v) is 4.15. The van der Waals surface area contributed by atoms with Crippen LogP contribution < -0.4 is 10.6 Å². The first kappa shape index (κ1) is 19.8. The van der Waals surface area contributed by atoms with Crippen LogP contribution in [-0.4, -0.2) is 37.7 Å². The molecule has 23 heavy (non-hydrogen) atoms. The fraction of sp³-hybridized carbons (Fsp3) is 0.889. The van der Waals surface area contributed by atoms with Gasteiger partial charge in [-0.3, -0.25) is 9.79 Å². The summed E-state index contributed by atoms with van der Waals surface area (Å²) < 4.78 is 4.92. The van der Waals surface area contributed by atoms with E-state index in [1.807, 2.05) is 6.92 Å². The molecular weight excluding hydrogens is 290 g/mol. The largest absolute Gasteiger partial charge is 0.466 e. The number of hydrogen-bond donors (Lipinski definition) is 2. The number of rotatable bonds is 10. The summed E-state index contributed by atoms with van der Waals surface area (Å²) in [7, 11) is 0. The Hall–Kier alpha value is -1.26. The molecule has 0 unspecified atom stereocenters. The molecule has 2 N–H and O–H groups in total. The molecule has 0 spiro atoms. The number of nitrogens with one attached hydrogen (secondary N) is 2. The molecule has 1 aliphatic rings. The lowest BCUT2D eigenvalue weighted by atomic mass is 9.96. The highest BCUT2D eigenvalue weighted by atomic mass is 16.5. The Balaban J connectivity index is 2.12. The molecule has 5 nitrogen and oxygen atoms in total. The van der Waals surface area contributed by atoms with Gasteiger partial charge in [0.25, 0.3) is 0 Å². The number of guanidine groups is 1. The van der Waals surface area contributed by atoms with Crippen molar-refractivity contribution >= 4 is 11.9 Å². The number of nitrogens with zero attached hydrogens (tertiary/aromatic N) is 1. The maximum Gasteiger partial charge on any atom is 0.305 e. The van der Waals surface area contributed by atoms with Crippen LogP contribution in [0.1, 0.15) is 78.1 Å². The lowest BCUT2D eigenvalue weighted by Crippen LogP contribution is -2.44. The molecule has 0 heterocycles. The molecule has 0 aliphatic heterocycles. The zero-order chi connectivity index (χ0) is 16.8. The van der Waals surface area contributed by atoms with Gasteiger partial charge in [-0.15, -0.1) is 0 Å². The number of hydrogen-bond acceptors (Lipinski definition) is 3. The molecule has 0 bridgehead atoms. The van der Waals surface area contributed by atoms with E-state index in [0.29, 0.717) is 19.1 Å². The smallest absolute Gasteiger partial charge is 0.305 e. The van der Waals surface area contributed by atoms with Crippen LogP contribution in [0.3, 0.4) is 0 Å². The highest BCUT2D eigenvalue weighted by Gasteiger charge is 2.14. The Morgan fingerprint density at radius 2 is 1.83 bits per heavy atom. The van der Waals surface area contributed by atoms with E-state index in [1.165, 1.54) is 32.1 Å². The van der Waals surface area contributed by atoms with E-state index in [4.69, 9.17) is 4.74 Å². The zero-order valence-corrected chi connectivity index (χ0v) is 15.0. The first-order valence-electron chi connectivity index (χ1n) is 9.46. The third kappa shape index (κ3) is 10.2. The Morgan fingerprint density at radius 1 is 1.09 bits per heavy atom. The van der Waals surface area contributed by atoms with Crippen molar-refractivity contribution in [3.63, 3.8) is 0 Å². The molecule has 0 atom stereocenters. The molecule has 0 aromatic carbocycles. The Labute approximate surface area is 141 Å². The van der Waals surface area contributed by atoms with Gasteiger partial charge in [0.2, 0.25) is 0 Å². The first-order chi connectivity index (χ1) is 11.3. The van der Waals surface area contributed by atoms with Crippen molar-refractivity contribution in [2.24, 2.45) is 4.99 Å². The standard InChI is InChI=1S/C18H35N3O2/c1-3-19-18(21-16-12-8-7-9-13-16)20-15-11-6-5-10-14-17(22)23-4-2/h16H,3-15H2,1-2H3,(H2,19,20,21). The summed E-state index contributed by atoms with van der Waals surface area (Å²) in [6.45, 7) is 6.18. The van der Waals surface area contributed by atoms with Gasteiger partial charge in [0.1, 0.15) is 0 Å². The maximum absolute atomic E-state index is 11.2. The van der Waals surface area contributed by atoms with Gasteiger partial charge in [0.15, 0.2) is 5.96 Å². The molecule has 0 amide bonds. The SMILES string of the molecule is CCNC(=NCCCCCCC(=O)OCC)NC1CCCCC1. The van der Waals surface area contributed by atoms with Crippen LogP contribution in [0.4, 0.5) is 0 Å². The molecule has 1 fully saturated rings. The van der Waals surface area contributed by atoms with Crippen LogP contribution in [0.25, 0.3) is 0 Å². The third-order valence-electron chi connectivity index (χ3n) is 4.15. The minimum atomic E-state index is -0.0726. The number of carbonyl (C=O) groups is 1. The van der Waals surface area contributed by atoms with Crippen LogP contribution in [0.2, 0.25) is 0 Å². The fourth-order valence-electron chi connectivity index (χ4n) is 2.92. The van der Waals surface area contributed by atoms with Crippen molar-refractivity contribution in [2.75, 3.05) is 19.7 Å². The van der Waals surface area contributed by atoms with Crippen molar-refractivity contribution in [3.05, 3.63) is 0 Å². The quantitative estimate of drug-likeness (QED) is 0.280. The molecular formula is C18H35N3O2. The van der Waals surface area contributed by atoms with E-state index in [-0.39, 0.29) is 5.97 Å². The monoisotopic (exact) mass is 325 g/mol. The minimum Gasteiger partial charge on any atom is -0.466 e. The summed E-state index contributed by atoms with van der Waals surface area (Å²) >= 11 is 0. The second kappa shape index (κ2) is 13.2. The number of unbranched alkanes of at least 4 members (excludes halogenated alkanes) is 3. The average molecular weight is 325 g/mol. The van der Waals surface area contributed by atoms with E-state index in [9.17, 15) is 4.79 Å². The summed E-state index contributed by atoms with van der Waals surface area (Å²) in [5, 5.41) is 6.90. The number of aliphatic imine (C=N–C) groups is 1. The lowest BCUT2D eigenvalue weighted by molar-refractivity contribution is -0.143. The Morgan fingerprint density at radius 3 is 2.52 bits per heavy atom. The minimum absolute atomic E-state index is 0.0726. The molecule has 5 heteroatoms. The van der Waals surface area contributed by atoms with Gasteiger partial charge in [0, 0.05) is 25.6 Å². The summed E-state index contributed by atoms with van der Waals surface area (Å²) in [5.41, 5.74) is 0. The summed E-state index contributed by atoms with van der Waals surface area (Å²) in [5.74, 6) is 0.891. The van der Waals surface area contributed by atoms with E-state index < -0.39 is 0 Å². The topological polar surface area (TPSA) is 62.7 Å². The van der Waals surface area contributed by atoms with E-state index >= 15 is 0 Å². The second-order valence-electron chi connectivity index (χ2n) is 6.21. The molecule has 134 valence electrons. The van der Waals surface area contributed by atoms with Gasteiger partial charge in [0.05, 0.1) is 6.61 Å². The fourth-order valence-corrected chi connectivity index (χ4v) is 2.92. The van der Waals surface area contributed by atoms with Gasteiger partial charge < -0.3 is 15.4 Å². The van der Waals surface area contributed by atoms with Crippen LogP contribution in [0, 0.1) is 0 Å². The molecule has 1 rings (SSSR count). The van der Waals surface area contributed by atoms with Crippen molar-refractivity contribution in [3.8, 4) is 0 Å². The van der Waals surface area contributed by atoms with E-state index in [1.54, 1.807) is 0 Å². The van der Waals surface area contributed by atoms with E-state index in [0.717, 1.165) is 44.7 Å². The molecule has 0 aromatic rings. The van der Waals surface area contributed by atoms with Crippen molar-refractivity contribution in [1.29, 1.82) is 0 Å². The predicted octanol–water partition coefficient (Wildman–Crippen LogP) is 3.39. The highest BCUT2D eigenvalue weighted by molar-refractivity contribution is 5.80. The van der Waals surface area contributed by atoms with Crippen molar-refractivity contribution < 1.29 is 9.53 Å².